The minimum Gasteiger partial charge on any atom is -0.478 e. The van der Waals surface area contributed by atoms with Crippen LogP contribution in [0, 0.1) is 5.82 Å². The molecule has 1 unspecified atom stereocenters. The number of halogens is 3. The molecule has 140 valence electrons. The summed E-state index contributed by atoms with van der Waals surface area (Å²) in [7, 11) is 0. The lowest BCUT2D eigenvalue weighted by Crippen LogP contribution is -1.95. The van der Waals surface area contributed by atoms with Gasteiger partial charge in [0.2, 0.25) is 0 Å². The second-order valence-electron chi connectivity index (χ2n) is 6.26. The number of carbonyl (C=O) groups is 1. The first-order valence-corrected chi connectivity index (χ1v) is 9.59. The van der Waals surface area contributed by atoms with Crippen LogP contribution < -0.4 is 0 Å². The first-order valence-electron chi connectivity index (χ1n) is 8.40. The fraction of sp³-hybridized carbons (Fsp3) is 0.0455. The van der Waals surface area contributed by atoms with Crippen molar-refractivity contribution in [1.29, 1.82) is 0 Å². The van der Waals surface area contributed by atoms with E-state index in [-0.39, 0.29) is 11.1 Å². The van der Waals surface area contributed by atoms with Crippen LogP contribution in [0.5, 0.6) is 0 Å². The molecule has 2 nitrogen and oxygen atoms in total. The maximum Gasteiger partial charge on any atom is 0.335 e. The van der Waals surface area contributed by atoms with Gasteiger partial charge < -0.3 is 5.11 Å². The number of fused-ring (bicyclic) bond motifs is 1. The molecule has 3 aromatic carbocycles. The number of thiophene rings is 1. The topological polar surface area (TPSA) is 37.3 Å². The molecule has 0 amide bonds. The van der Waals surface area contributed by atoms with Gasteiger partial charge >= 0.3 is 5.97 Å². The summed E-state index contributed by atoms with van der Waals surface area (Å²) in [6.07, 6.45) is -1.62. The molecule has 0 aliphatic carbocycles. The molecule has 1 N–H and O–H groups in total. The van der Waals surface area contributed by atoms with E-state index < -0.39 is 18.0 Å². The quantitative estimate of drug-likeness (QED) is 0.386. The Morgan fingerprint density at radius 3 is 2.57 bits per heavy atom. The summed E-state index contributed by atoms with van der Waals surface area (Å²) in [6.45, 7) is 0. The van der Waals surface area contributed by atoms with Gasteiger partial charge in [-0.25, -0.2) is 13.6 Å². The van der Waals surface area contributed by atoms with Crippen molar-refractivity contribution in [2.75, 3.05) is 0 Å². The summed E-state index contributed by atoms with van der Waals surface area (Å²) in [5, 5.41) is 10.3. The van der Waals surface area contributed by atoms with Crippen molar-refractivity contribution in [2.24, 2.45) is 0 Å². The molecule has 0 saturated carbocycles. The molecular formula is C22H13ClF2O2S. The molecule has 0 fully saturated rings. The molecule has 6 heteroatoms. The van der Waals surface area contributed by atoms with Crippen molar-refractivity contribution in [3.05, 3.63) is 93.6 Å². The smallest absolute Gasteiger partial charge is 0.335 e. The van der Waals surface area contributed by atoms with Crippen LogP contribution in [0.2, 0.25) is 5.02 Å². The third kappa shape index (κ3) is 3.28. The van der Waals surface area contributed by atoms with Crippen molar-refractivity contribution in [1.82, 2.24) is 0 Å². The van der Waals surface area contributed by atoms with Crippen LogP contribution in [0.4, 0.5) is 8.78 Å². The van der Waals surface area contributed by atoms with E-state index in [0.29, 0.717) is 20.8 Å². The van der Waals surface area contributed by atoms with Crippen molar-refractivity contribution in [2.45, 2.75) is 6.17 Å². The number of carboxylic acids is 1. The number of rotatable bonds is 4. The van der Waals surface area contributed by atoms with Crippen LogP contribution in [0.25, 0.3) is 21.2 Å². The Balaban J connectivity index is 1.87. The van der Waals surface area contributed by atoms with E-state index >= 15 is 4.39 Å². The summed E-state index contributed by atoms with van der Waals surface area (Å²) in [6, 6.07) is 17.4. The lowest BCUT2D eigenvalue weighted by atomic mass is 10.0. The molecule has 0 aliphatic heterocycles. The van der Waals surface area contributed by atoms with E-state index in [9.17, 15) is 14.3 Å². The second kappa shape index (κ2) is 7.34. The number of benzene rings is 3. The molecule has 1 atom stereocenters. The molecule has 0 saturated heterocycles. The fourth-order valence-electron chi connectivity index (χ4n) is 3.12. The van der Waals surface area contributed by atoms with Crippen molar-refractivity contribution in [3.63, 3.8) is 0 Å². The van der Waals surface area contributed by atoms with Crippen molar-refractivity contribution < 1.29 is 18.7 Å². The molecule has 0 bridgehead atoms. The predicted octanol–water partition coefficient (Wildman–Crippen LogP) is 7.12. The molecule has 28 heavy (non-hydrogen) atoms. The van der Waals surface area contributed by atoms with Crippen LogP contribution in [0.1, 0.15) is 27.0 Å². The van der Waals surface area contributed by atoms with E-state index in [0.717, 1.165) is 10.3 Å². The first-order chi connectivity index (χ1) is 13.5. The zero-order valence-corrected chi connectivity index (χ0v) is 15.9. The zero-order valence-electron chi connectivity index (χ0n) is 14.3. The summed E-state index contributed by atoms with van der Waals surface area (Å²) in [5.74, 6) is -1.63. The fourth-order valence-corrected chi connectivity index (χ4v) is 4.60. The molecule has 0 spiro atoms. The molecule has 4 rings (SSSR count). The normalized spacial score (nSPS) is 12.2. The van der Waals surface area contributed by atoms with Gasteiger partial charge in [0.15, 0.2) is 6.17 Å². The highest BCUT2D eigenvalue weighted by Crippen LogP contribution is 2.43. The molecule has 0 radical (unpaired) electrons. The van der Waals surface area contributed by atoms with Gasteiger partial charge in [-0.1, -0.05) is 48.0 Å². The molecule has 1 heterocycles. The monoisotopic (exact) mass is 414 g/mol. The second-order valence-corrected chi connectivity index (χ2v) is 7.75. The van der Waals surface area contributed by atoms with Gasteiger partial charge in [-0.3, -0.25) is 0 Å². The average Bonchev–Trinajstić information content (AvgIpc) is 3.14. The summed E-state index contributed by atoms with van der Waals surface area (Å²) in [5.41, 5.74) is 1.57. The summed E-state index contributed by atoms with van der Waals surface area (Å²) >= 11 is 7.49. The number of hydrogen-bond donors (Lipinski definition) is 1. The lowest BCUT2D eigenvalue weighted by molar-refractivity contribution is 0.0697. The largest absolute Gasteiger partial charge is 0.478 e. The lowest BCUT2D eigenvalue weighted by Gasteiger charge is -2.07. The summed E-state index contributed by atoms with van der Waals surface area (Å²) < 4.78 is 29.8. The summed E-state index contributed by atoms with van der Waals surface area (Å²) in [4.78, 5) is 11.6. The van der Waals surface area contributed by atoms with Gasteiger partial charge in [0.1, 0.15) is 5.82 Å². The van der Waals surface area contributed by atoms with Gasteiger partial charge in [0, 0.05) is 25.5 Å². The Kier molecular flexibility index (Phi) is 4.87. The number of aromatic carboxylic acids is 1. The van der Waals surface area contributed by atoms with Gasteiger partial charge in [-0.2, -0.15) is 0 Å². The SMILES string of the molecule is O=C(O)c1cccc(-c2ccc(Cl)c3cc(C(F)c4ccccc4F)sc23)c1. The Labute approximate surface area is 168 Å². The minimum atomic E-state index is -1.62. The maximum absolute atomic E-state index is 15.1. The van der Waals surface area contributed by atoms with Crippen LogP contribution >= 0.6 is 22.9 Å². The van der Waals surface area contributed by atoms with Gasteiger partial charge in [0.05, 0.1) is 5.56 Å². The predicted molar refractivity (Wildman–Crippen MR) is 109 cm³/mol. The average molecular weight is 415 g/mol. The van der Waals surface area contributed by atoms with E-state index in [4.69, 9.17) is 11.6 Å². The van der Waals surface area contributed by atoms with E-state index in [1.165, 1.54) is 35.6 Å². The van der Waals surface area contributed by atoms with Crippen LogP contribution in [-0.4, -0.2) is 11.1 Å². The first kappa shape index (κ1) is 18.6. The Hall–Kier alpha value is -2.76. The molecule has 4 aromatic rings. The third-order valence-corrected chi connectivity index (χ3v) is 6.03. The Morgan fingerprint density at radius 2 is 1.82 bits per heavy atom. The molecule has 1 aromatic heterocycles. The Bertz CT molecular complexity index is 1200. The van der Waals surface area contributed by atoms with E-state index in [1.807, 2.05) is 0 Å². The highest BCUT2D eigenvalue weighted by atomic mass is 35.5. The van der Waals surface area contributed by atoms with Crippen LogP contribution in [0.3, 0.4) is 0 Å². The van der Waals surface area contributed by atoms with Crippen molar-refractivity contribution >= 4 is 39.0 Å². The van der Waals surface area contributed by atoms with E-state index in [2.05, 4.69) is 0 Å². The van der Waals surface area contributed by atoms with Crippen molar-refractivity contribution in [3.8, 4) is 11.1 Å². The number of alkyl halides is 1. The number of hydrogen-bond acceptors (Lipinski definition) is 2. The van der Waals surface area contributed by atoms with E-state index in [1.54, 1.807) is 42.5 Å². The highest BCUT2D eigenvalue weighted by molar-refractivity contribution is 7.19. The third-order valence-electron chi connectivity index (χ3n) is 4.50. The standard InChI is InChI=1S/C22H13ClF2O2S/c23-17-9-8-14(12-4-3-5-13(10-12)22(26)27)21-16(17)11-19(28-21)20(25)15-6-1-2-7-18(15)24/h1-11,20H,(H,26,27). The highest BCUT2D eigenvalue weighted by Gasteiger charge is 2.21. The van der Waals surface area contributed by atoms with Crippen LogP contribution in [0.15, 0.2) is 66.7 Å². The zero-order chi connectivity index (χ0) is 19.8. The minimum absolute atomic E-state index is 0.0281. The van der Waals surface area contributed by atoms with Gasteiger partial charge in [-0.15, -0.1) is 11.3 Å². The Morgan fingerprint density at radius 1 is 1.04 bits per heavy atom. The number of carboxylic acid groups (broad SMARTS) is 1. The molecular weight excluding hydrogens is 402 g/mol. The van der Waals surface area contributed by atoms with Crippen LogP contribution in [-0.2, 0) is 0 Å². The maximum atomic E-state index is 15.1. The molecule has 0 aliphatic rings. The van der Waals surface area contributed by atoms with Gasteiger partial charge in [-0.05, 0) is 41.5 Å². The van der Waals surface area contributed by atoms with Gasteiger partial charge in [0.25, 0.3) is 0 Å².